The average Bonchev–Trinajstić information content (AvgIpc) is 2.87. The fourth-order valence-corrected chi connectivity index (χ4v) is 2.45. The van der Waals surface area contributed by atoms with Gasteiger partial charge in [0.25, 0.3) is 0 Å². The lowest BCUT2D eigenvalue weighted by Gasteiger charge is -2.03. The highest BCUT2D eigenvalue weighted by molar-refractivity contribution is 7.09. The van der Waals surface area contributed by atoms with Gasteiger partial charge in [0.2, 0.25) is 5.28 Å². The van der Waals surface area contributed by atoms with Crippen LogP contribution in [0, 0.1) is 6.92 Å². The van der Waals surface area contributed by atoms with Gasteiger partial charge in [-0.25, -0.2) is 4.98 Å². The molecule has 3 aromatic heterocycles. The molecule has 0 bridgehead atoms. The molecule has 0 atom stereocenters. The molecule has 3 aromatic rings. The van der Waals surface area contributed by atoms with Crippen LogP contribution in [-0.4, -0.2) is 20.2 Å². The molecule has 0 unspecified atom stereocenters. The van der Waals surface area contributed by atoms with E-state index >= 15 is 0 Å². The van der Waals surface area contributed by atoms with Crippen molar-refractivity contribution in [1.29, 1.82) is 0 Å². The Morgan fingerprint density at radius 1 is 1.35 bits per heavy atom. The van der Waals surface area contributed by atoms with Crippen molar-refractivity contribution in [2.24, 2.45) is 0 Å². The minimum atomic E-state index is 0.227. The fourth-order valence-electron chi connectivity index (χ4n) is 1.53. The maximum absolute atomic E-state index is 5.87. The Labute approximate surface area is 106 Å². The molecule has 0 radical (unpaired) electrons. The highest BCUT2D eigenvalue weighted by Gasteiger charge is 2.08. The molecule has 3 rings (SSSR count). The summed E-state index contributed by atoms with van der Waals surface area (Å²) in [4.78, 5) is 8.31. The molecule has 0 fully saturated rings. The smallest absolute Gasteiger partial charge is 0.224 e. The minimum absolute atomic E-state index is 0.227. The zero-order chi connectivity index (χ0) is 11.8. The van der Waals surface area contributed by atoms with E-state index in [1.807, 2.05) is 23.8 Å². The van der Waals surface area contributed by atoms with E-state index in [0.29, 0.717) is 11.6 Å². The van der Waals surface area contributed by atoms with Crippen LogP contribution in [0.2, 0.25) is 5.28 Å². The Morgan fingerprint density at radius 3 is 3.00 bits per heavy atom. The molecular formula is C10H8ClN5S. The number of nitrogens with one attached hydrogen (secondary N) is 2. The molecule has 7 heteroatoms. The zero-order valence-corrected chi connectivity index (χ0v) is 10.4. The van der Waals surface area contributed by atoms with Gasteiger partial charge >= 0.3 is 0 Å². The van der Waals surface area contributed by atoms with Crippen molar-refractivity contribution in [3.8, 4) is 0 Å². The van der Waals surface area contributed by atoms with Gasteiger partial charge in [-0.1, -0.05) is 0 Å². The normalized spacial score (nSPS) is 10.9. The number of halogens is 1. The summed E-state index contributed by atoms with van der Waals surface area (Å²) in [7, 11) is 0. The standard InChI is InChI=1S/C10H8ClN5S/c1-5-2-8(16-15-5)13-9-6-3-17-4-7(6)12-10(11)14-9/h2-4H,1H3,(H2,12,13,14,15,16). The van der Waals surface area contributed by atoms with Crippen molar-refractivity contribution >= 4 is 45.5 Å². The number of aromatic amines is 1. The van der Waals surface area contributed by atoms with Crippen LogP contribution in [0.15, 0.2) is 16.8 Å². The summed E-state index contributed by atoms with van der Waals surface area (Å²) in [5.41, 5.74) is 1.82. The van der Waals surface area contributed by atoms with Crippen molar-refractivity contribution in [1.82, 2.24) is 20.2 Å². The van der Waals surface area contributed by atoms with Crippen LogP contribution in [0.3, 0.4) is 0 Å². The highest BCUT2D eigenvalue weighted by atomic mass is 35.5. The summed E-state index contributed by atoms with van der Waals surface area (Å²) < 4.78 is 0. The van der Waals surface area contributed by atoms with Crippen LogP contribution in [0.1, 0.15) is 5.69 Å². The van der Waals surface area contributed by atoms with Crippen LogP contribution in [0.5, 0.6) is 0 Å². The fraction of sp³-hybridized carbons (Fsp3) is 0.100. The molecule has 0 saturated heterocycles. The average molecular weight is 266 g/mol. The van der Waals surface area contributed by atoms with Crippen molar-refractivity contribution in [2.45, 2.75) is 6.92 Å². The predicted octanol–water partition coefficient (Wildman–Crippen LogP) is 3.12. The largest absolute Gasteiger partial charge is 0.323 e. The maximum atomic E-state index is 5.87. The van der Waals surface area contributed by atoms with E-state index in [4.69, 9.17) is 11.6 Å². The number of hydrogen-bond donors (Lipinski definition) is 2. The molecule has 2 N–H and O–H groups in total. The molecule has 0 aliphatic heterocycles. The van der Waals surface area contributed by atoms with Gasteiger partial charge in [0, 0.05) is 22.5 Å². The van der Waals surface area contributed by atoms with E-state index in [-0.39, 0.29) is 5.28 Å². The first kappa shape index (κ1) is 10.5. The van der Waals surface area contributed by atoms with Gasteiger partial charge in [-0.2, -0.15) is 10.1 Å². The van der Waals surface area contributed by atoms with E-state index in [1.54, 1.807) is 11.3 Å². The maximum Gasteiger partial charge on any atom is 0.224 e. The number of aryl methyl sites for hydroxylation is 1. The van der Waals surface area contributed by atoms with Gasteiger partial charge in [-0.15, -0.1) is 11.3 Å². The lowest BCUT2D eigenvalue weighted by molar-refractivity contribution is 1.05. The van der Waals surface area contributed by atoms with Crippen LogP contribution >= 0.6 is 22.9 Å². The van der Waals surface area contributed by atoms with Crippen LogP contribution in [0.4, 0.5) is 11.6 Å². The monoisotopic (exact) mass is 265 g/mol. The van der Waals surface area contributed by atoms with Crippen LogP contribution < -0.4 is 5.32 Å². The molecule has 0 saturated carbocycles. The third-order valence-electron chi connectivity index (χ3n) is 2.27. The Kier molecular flexibility index (Phi) is 2.45. The van der Waals surface area contributed by atoms with Gasteiger partial charge in [0.15, 0.2) is 5.82 Å². The van der Waals surface area contributed by atoms with Gasteiger partial charge < -0.3 is 5.32 Å². The second-order valence-corrected chi connectivity index (χ2v) is 4.65. The second kappa shape index (κ2) is 3.97. The number of H-pyrrole nitrogens is 1. The summed E-state index contributed by atoms with van der Waals surface area (Å²) in [6.45, 7) is 1.94. The molecule has 3 heterocycles. The molecular weight excluding hydrogens is 258 g/mol. The SMILES string of the molecule is Cc1cc(Nc2nc(Cl)nc3cscc23)n[nH]1. The van der Waals surface area contributed by atoms with Crippen LogP contribution in [0.25, 0.3) is 10.9 Å². The Hall–Kier alpha value is -1.66. The number of hydrogen-bond acceptors (Lipinski definition) is 5. The molecule has 0 amide bonds. The number of rotatable bonds is 2. The zero-order valence-electron chi connectivity index (χ0n) is 8.86. The molecule has 0 spiro atoms. The molecule has 0 aromatic carbocycles. The van der Waals surface area contributed by atoms with Gasteiger partial charge in [-0.3, -0.25) is 5.10 Å². The summed E-state index contributed by atoms with van der Waals surface area (Å²) in [5, 5.41) is 15.2. The lowest BCUT2D eigenvalue weighted by Crippen LogP contribution is -1.96. The summed E-state index contributed by atoms with van der Waals surface area (Å²) in [6.07, 6.45) is 0. The summed E-state index contributed by atoms with van der Waals surface area (Å²) >= 11 is 7.43. The summed E-state index contributed by atoms with van der Waals surface area (Å²) in [5.74, 6) is 1.39. The summed E-state index contributed by atoms with van der Waals surface area (Å²) in [6, 6.07) is 1.90. The number of thiophene rings is 1. The second-order valence-electron chi connectivity index (χ2n) is 3.57. The number of aromatic nitrogens is 4. The predicted molar refractivity (Wildman–Crippen MR) is 69.0 cm³/mol. The van der Waals surface area contributed by atoms with Crippen molar-refractivity contribution in [2.75, 3.05) is 5.32 Å². The molecule has 0 aliphatic rings. The third-order valence-corrected chi connectivity index (χ3v) is 3.17. The number of fused-ring (bicyclic) bond motifs is 1. The Bertz CT molecular complexity index is 674. The topological polar surface area (TPSA) is 66.5 Å². The Morgan fingerprint density at radius 2 is 2.24 bits per heavy atom. The highest BCUT2D eigenvalue weighted by Crippen LogP contribution is 2.27. The quantitative estimate of drug-likeness (QED) is 0.699. The van der Waals surface area contributed by atoms with Crippen molar-refractivity contribution < 1.29 is 0 Å². The van der Waals surface area contributed by atoms with Crippen LogP contribution in [-0.2, 0) is 0 Å². The van der Waals surface area contributed by atoms with E-state index in [9.17, 15) is 0 Å². The van der Waals surface area contributed by atoms with Gasteiger partial charge in [0.05, 0.1) is 10.9 Å². The number of anilines is 2. The minimum Gasteiger partial charge on any atom is -0.323 e. The molecule has 17 heavy (non-hydrogen) atoms. The molecule has 5 nitrogen and oxygen atoms in total. The van der Waals surface area contributed by atoms with Crippen molar-refractivity contribution in [3.05, 3.63) is 27.8 Å². The van der Waals surface area contributed by atoms with E-state index in [2.05, 4.69) is 25.5 Å². The first-order valence-corrected chi connectivity index (χ1v) is 6.23. The third kappa shape index (κ3) is 1.96. The first-order chi connectivity index (χ1) is 8.22. The van der Waals surface area contributed by atoms with E-state index in [1.165, 1.54) is 0 Å². The lowest BCUT2D eigenvalue weighted by atomic mass is 10.3. The van der Waals surface area contributed by atoms with Crippen molar-refractivity contribution in [3.63, 3.8) is 0 Å². The van der Waals surface area contributed by atoms with Gasteiger partial charge in [-0.05, 0) is 18.5 Å². The van der Waals surface area contributed by atoms with E-state index < -0.39 is 0 Å². The Balaban J connectivity index is 2.07. The number of nitrogens with zero attached hydrogens (tertiary/aromatic N) is 3. The van der Waals surface area contributed by atoms with E-state index in [0.717, 1.165) is 16.6 Å². The molecule has 86 valence electrons. The first-order valence-electron chi connectivity index (χ1n) is 4.91. The van der Waals surface area contributed by atoms with Gasteiger partial charge in [0.1, 0.15) is 5.82 Å². The molecule has 0 aliphatic carbocycles.